The highest BCUT2D eigenvalue weighted by molar-refractivity contribution is 5.94. The van der Waals surface area contributed by atoms with Crippen LogP contribution in [0.4, 0.5) is 10.2 Å². The first kappa shape index (κ1) is 27.7. The SMILES string of the molecule is COc1cc2nc(N(C)C)c(CN(CCc3ccc(F)cc3)C(=O)c3cc(C)nn3C)cc2c(OC)c1OC. The second-order valence-electron chi connectivity index (χ2n) is 9.48. The van der Waals surface area contributed by atoms with E-state index < -0.39 is 0 Å². The van der Waals surface area contributed by atoms with Gasteiger partial charge in [-0.3, -0.25) is 9.48 Å². The summed E-state index contributed by atoms with van der Waals surface area (Å²) in [5.41, 5.74) is 3.66. The Morgan fingerprint density at radius 3 is 2.26 bits per heavy atom. The van der Waals surface area contributed by atoms with E-state index in [9.17, 15) is 9.18 Å². The molecule has 10 heteroatoms. The van der Waals surface area contributed by atoms with Gasteiger partial charge in [0, 0.05) is 51.2 Å². The highest BCUT2D eigenvalue weighted by Gasteiger charge is 2.24. The normalized spacial score (nSPS) is 11.0. The fraction of sp³-hybridized carbons (Fsp3) is 0.345. The quantitative estimate of drug-likeness (QED) is 0.298. The summed E-state index contributed by atoms with van der Waals surface area (Å²) < 4.78 is 31.9. The molecule has 2 aromatic heterocycles. The van der Waals surface area contributed by atoms with Gasteiger partial charge >= 0.3 is 0 Å². The largest absolute Gasteiger partial charge is 0.493 e. The van der Waals surface area contributed by atoms with Crippen LogP contribution in [-0.4, -0.2) is 67.5 Å². The topological polar surface area (TPSA) is 82.0 Å². The second kappa shape index (κ2) is 11.6. The number of aromatic nitrogens is 3. The number of nitrogens with zero attached hydrogens (tertiary/aromatic N) is 5. The van der Waals surface area contributed by atoms with Gasteiger partial charge in [-0.1, -0.05) is 12.1 Å². The second-order valence-corrected chi connectivity index (χ2v) is 9.48. The Balaban J connectivity index is 1.80. The zero-order valence-corrected chi connectivity index (χ0v) is 23.4. The summed E-state index contributed by atoms with van der Waals surface area (Å²) in [7, 11) is 10.3. The monoisotopic (exact) mass is 535 g/mol. The summed E-state index contributed by atoms with van der Waals surface area (Å²) in [6.07, 6.45) is 0.551. The first-order chi connectivity index (χ1) is 18.7. The number of benzene rings is 2. The summed E-state index contributed by atoms with van der Waals surface area (Å²) in [5.74, 6) is 1.72. The van der Waals surface area contributed by atoms with Gasteiger partial charge in [0.25, 0.3) is 5.91 Å². The van der Waals surface area contributed by atoms with Crippen molar-refractivity contribution in [2.45, 2.75) is 19.9 Å². The number of methoxy groups -OCH3 is 3. The lowest BCUT2D eigenvalue weighted by atomic mass is 10.1. The third kappa shape index (κ3) is 5.74. The van der Waals surface area contributed by atoms with Crippen molar-refractivity contribution in [1.29, 1.82) is 0 Å². The van der Waals surface area contributed by atoms with Crippen molar-refractivity contribution in [2.75, 3.05) is 46.9 Å². The minimum absolute atomic E-state index is 0.163. The molecule has 0 aliphatic rings. The minimum atomic E-state index is -0.295. The predicted molar refractivity (Wildman–Crippen MR) is 149 cm³/mol. The number of anilines is 1. The molecule has 0 saturated heterocycles. The van der Waals surface area contributed by atoms with Gasteiger partial charge in [-0.2, -0.15) is 5.10 Å². The number of hydrogen-bond acceptors (Lipinski definition) is 7. The first-order valence-corrected chi connectivity index (χ1v) is 12.5. The Labute approximate surface area is 227 Å². The smallest absolute Gasteiger partial charge is 0.272 e. The lowest BCUT2D eigenvalue weighted by Crippen LogP contribution is -2.34. The number of hydrogen-bond donors (Lipinski definition) is 0. The zero-order chi connectivity index (χ0) is 28.3. The summed E-state index contributed by atoms with van der Waals surface area (Å²) in [6, 6.07) is 11.9. The van der Waals surface area contributed by atoms with Crippen LogP contribution in [0.3, 0.4) is 0 Å². The molecule has 0 atom stereocenters. The van der Waals surface area contributed by atoms with Crippen molar-refractivity contribution in [1.82, 2.24) is 19.7 Å². The Bertz CT molecular complexity index is 1480. The molecule has 0 N–H and O–H groups in total. The maximum atomic E-state index is 13.8. The van der Waals surface area contributed by atoms with Crippen LogP contribution in [0.15, 0.2) is 42.5 Å². The molecule has 9 nitrogen and oxygen atoms in total. The molecule has 0 radical (unpaired) electrons. The number of amides is 1. The number of halogens is 1. The molecule has 2 heterocycles. The van der Waals surface area contributed by atoms with E-state index in [0.717, 1.165) is 22.2 Å². The van der Waals surface area contributed by atoms with Crippen molar-refractivity contribution < 1.29 is 23.4 Å². The Hall–Kier alpha value is -4.34. The van der Waals surface area contributed by atoms with Crippen LogP contribution in [-0.2, 0) is 20.0 Å². The number of ether oxygens (including phenoxy) is 3. The molecule has 0 spiro atoms. The Kier molecular flexibility index (Phi) is 8.23. The van der Waals surface area contributed by atoms with E-state index in [1.165, 1.54) is 12.1 Å². The Morgan fingerprint density at radius 2 is 1.69 bits per heavy atom. The number of pyridine rings is 1. The van der Waals surface area contributed by atoms with Gasteiger partial charge < -0.3 is 24.0 Å². The van der Waals surface area contributed by atoms with Gasteiger partial charge in [0.15, 0.2) is 11.5 Å². The van der Waals surface area contributed by atoms with Crippen LogP contribution >= 0.6 is 0 Å². The standard InChI is InChI=1S/C29H34FN5O4/c1-18-14-24(34(4)32-18)29(36)35(13-12-19-8-10-21(30)11-9-19)17-20-15-22-23(31-28(20)33(2)3)16-25(37-5)27(39-7)26(22)38-6/h8-11,14-16H,12-13,17H2,1-7H3. The van der Waals surface area contributed by atoms with E-state index >= 15 is 0 Å². The molecule has 0 unspecified atom stereocenters. The molecule has 206 valence electrons. The molecule has 4 rings (SSSR count). The number of carbonyl (C=O) groups excluding carboxylic acids is 1. The summed E-state index contributed by atoms with van der Waals surface area (Å²) in [5, 5.41) is 5.09. The molecule has 0 aliphatic carbocycles. The van der Waals surface area contributed by atoms with E-state index in [1.807, 2.05) is 38.1 Å². The maximum absolute atomic E-state index is 13.8. The van der Waals surface area contributed by atoms with Crippen molar-refractivity contribution >= 4 is 22.6 Å². The molecule has 1 amide bonds. The van der Waals surface area contributed by atoms with Crippen LogP contribution in [0, 0.1) is 12.7 Å². The van der Waals surface area contributed by atoms with Crippen molar-refractivity contribution in [3.05, 3.63) is 70.8 Å². The van der Waals surface area contributed by atoms with Crippen molar-refractivity contribution in [2.24, 2.45) is 7.05 Å². The van der Waals surface area contributed by atoms with E-state index in [2.05, 4.69) is 5.10 Å². The van der Waals surface area contributed by atoms with Gasteiger partial charge in [0.2, 0.25) is 5.75 Å². The molecule has 0 aliphatic heterocycles. The van der Waals surface area contributed by atoms with Gasteiger partial charge in [0.05, 0.1) is 32.5 Å². The van der Waals surface area contributed by atoms with Gasteiger partial charge in [-0.15, -0.1) is 0 Å². The summed E-state index contributed by atoms with van der Waals surface area (Å²) >= 11 is 0. The molecule has 39 heavy (non-hydrogen) atoms. The van der Waals surface area contributed by atoms with E-state index in [4.69, 9.17) is 19.2 Å². The van der Waals surface area contributed by atoms with Crippen LogP contribution in [0.1, 0.15) is 27.3 Å². The molecular formula is C29H34FN5O4. The van der Waals surface area contributed by atoms with Gasteiger partial charge in [0.1, 0.15) is 17.3 Å². The average molecular weight is 536 g/mol. The minimum Gasteiger partial charge on any atom is -0.493 e. The van der Waals surface area contributed by atoms with Crippen molar-refractivity contribution in [3.63, 3.8) is 0 Å². The molecule has 2 aromatic carbocycles. The third-order valence-corrected chi connectivity index (χ3v) is 6.56. The van der Waals surface area contributed by atoms with E-state index in [0.29, 0.717) is 47.2 Å². The first-order valence-electron chi connectivity index (χ1n) is 12.5. The lowest BCUT2D eigenvalue weighted by Gasteiger charge is -2.26. The zero-order valence-electron chi connectivity index (χ0n) is 23.4. The van der Waals surface area contributed by atoms with Gasteiger partial charge in [-0.25, -0.2) is 9.37 Å². The third-order valence-electron chi connectivity index (χ3n) is 6.56. The predicted octanol–water partition coefficient (Wildman–Crippen LogP) is 4.39. The van der Waals surface area contributed by atoms with Crippen molar-refractivity contribution in [3.8, 4) is 17.2 Å². The number of fused-ring (bicyclic) bond motifs is 1. The van der Waals surface area contributed by atoms with Crippen LogP contribution < -0.4 is 19.1 Å². The molecular weight excluding hydrogens is 501 g/mol. The number of rotatable bonds is 10. The molecule has 0 saturated carbocycles. The fourth-order valence-corrected chi connectivity index (χ4v) is 4.67. The average Bonchev–Trinajstić information content (AvgIpc) is 3.27. The molecule has 0 fully saturated rings. The molecule has 4 aromatic rings. The number of carbonyl (C=O) groups is 1. The maximum Gasteiger partial charge on any atom is 0.272 e. The number of aryl methyl sites for hydroxylation is 2. The lowest BCUT2D eigenvalue weighted by molar-refractivity contribution is 0.0734. The van der Waals surface area contributed by atoms with Crippen LogP contribution in [0.2, 0.25) is 0 Å². The fourth-order valence-electron chi connectivity index (χ4n) is 4.67. The van der Waals surface area contributed by atoms with E-state index in [-0.39, 0.29) is 18.3 Å². The highest BCUT2D eigenvalue weighted by Crippen LogP contribution is 2.44. The summed E-state index contributed by atoms with van der Waals surface area (Å²) in [4.78, 5) is 22.4. The Morgan fingerprint density at radius 1 is 1.00 bits per heavy atom. The van der Waals surface area contributed by atoms with E-state index in [1.54, 1.807) is 56.2 Å². The van der Waals surface area contributed by atoms with Gasteiger partial charge in [-0.05, 0) is 43.2 Å². The van der Waals surface area contributed by atoms with Crippen LogP contribution in [0.5, 0.6) is 17.2 Å². The summed E-state index contributed by atoms with van der Waals surface area (Å²) in [6.45, 7) is 2.53. The molecule has 0 bridgehead atoms. The highest BCUT2D eigenvalue weighted by atomic mass is 19.1. The van der Waals surface area contributed by atoms with Crippen LogP contribution in [0.25, 0.3) is 10.9 Å².